The molecule has 1 saturated heterocycles. The van der Waals surface area contributed by atoms with Crippen LogP contribution < -0.4 is 5.32 Å². The number of amides is 1. The van der Waals surface area contributed by atoms with Crippen LogP contribution in [0.25, 0.3) is 0 Å². The number of hydrogen-bond donors (Lipinski definition) is 1. The zero-order valence-electron chi connectivity index (χ0n) is 13.6. The van der Waals surface area contributed by atoms with E-state index in [-0.39, 0.29) is 30.2 Å². The summed E-state index contributed by atoms with van der Waals surface area (Å²) in [6.45, 7) is 3.22. The van der Waals surface area contributed by atoms with Gasteiger partial charge in [0.15, 0.2) is 5.82 Å². The van der Waals surface area contributed by atoms with Crippen LogP contribution in [0.1, 0.15) is 21.5 Å². The predicted octanol–water partition coefficient (Wildman–Crippen LogP) is 2.57. The smallest absolute Gasteiger partial charge is 0.376 e. The third-order valence-corrected chi connectivity index (χ3v) is 4.16. The molecule has 26 heavy (non-hydrogen) atoms. The fourth-order valence-corrected chi connectivity index (χ4v) is 2.74. The zero-order chi connectivity index (χ0) is 19.1. The van der Waals surface area contributed by atoms with E-state index in [1.807, 2.05) is 0 Å². The van der Waals surface area contributed by atoms with Gasteiger partial charge in [0.25, 0.3) is 5.91 Å². The molecule has 1 fully saturated rings. The Morgan fingerprint density at radius 1 is 1.42 bits per heavy atom. The predicted molar refractivity (Wildman–Crippen MR) is 83.8 cm³/mol. The summed E-state index contributed by atoms with van der Waals surface area (Å²) in [6, 6.07) is 2.19. The van der Waals surface area contributed by atoms with Crippen molar-refractivity contribution >= 4 is 18.4 Å². The van der Waals surface area contributed by atoms with Crippen LogP contribution in [0.3, 0.4) is 0 Å². The zero-order valence-corrected chi connectivity index (χ0v) is 13.6. The SMILES string of the molecule is C=Nc1c(C(=O)NC2(c3ccc(C(F)(F)F)cc3F)COC2)cnn1C. The maximum Gasteiger partial charge on any atom is 0.416 e. The van der Waals surface area contributed by atoms with Gasteiger partial charge in [-0.15, -0.1) is 0 Å². The van der Waals surface area contributed by atoms with Gasteiger partial charge in [-0.25, -0.2) is 9.38 Å². The molecule has 10 heteroatoms. The number of carbonyl (C=O) groups excluding carboxylic acids is 1. The largest absolute Gasteiger partial charge is 0.416 e. The van der Waals surface area contributed by atoms with Crippen LogP contribution in [0, 0.1) is 5.82 Å². The molecule has 3 rings (SSSR count). The van der Waals surface area contributed by atoms with Crippen molar-refractivity contribution in [3.8, 4) is 0 Å². The number of carbonyl (C=O) groups is 1. The summed E-state index contributed by atoms with van der Waals surface area (Å²) in [4.78, 5) is 16.3. The molecule has 2 aromatic rings. The summed E-state index contributed by atoms with van der Waals surface area (Å²) in [5.74, 6) is -1.47. The van der Waals surface area contributed by atoms with Gasteiger partial charge < -0.3 is 10.1 Å². The molecule has 0 bridgehead atoms. The first kappa shape index (κ1) is 18.1. The first-order chi connectivity index (χ1) is 12.2. The number of aromatic nitrogens is 2. The minimum atomic E-state index is -4.66. The molecule has 0 aliphatic carbocycles. The molecular formula is C16H14F4N4O2. The number of hydrogen-bond acceptors (Lipinski definition) is 4. The standard InChI is InChI=1S/C16H14F4N4O2/c1-21-13-10(6-22-24(13)2)14(25)23-15(7-26-8-15)11-4-3-9(5-12(11)17)16(18,19)20/h3-6H,1,7-8H2,2H3,(H,23,25). The molecule has 0 unspecified atom stereocenters. The van der Waals surface area contributed by atoms with Gasteiger partial charge in [-0.1, -0.05) is 6.07 Å². The third kappa shape index (κ3) is 2.96. The van der Waals surface area contributed by atoms with Crippen LogP contribution in [-0.2, 0) is 23.5 Å². The minimum Gasteiger partial charge on any atom is -0.376 e. The van der Waals surface area contributed by atoms with Crippen LogP contribution in [-0.4, -0.2) is 35.6 Å². The van der Waals surface area contributed by atoms with Gasteiger partial charge in [-0.3, -0.25) is 9.48 Å². The Morgan fingerprint density at radius 2 is 2.12 bits per heavy atom. The lowest BCUT2D eigenvalue weighted by molar-refractivity contribution is -0.137. The van der Waals surface area contributed by atoms with Crippen molar-refractivity contribution in [1.82, 2.24) is 15.1 Å². The normalized spacial score (nSPS) is 16.0. The second-order valence-electron chi connectivity index (χ2n) is 5.88. The molecule has 1 amide bonds. The molecule has 1 aromatic heterocycles. The van der Waals surface area contributed by atoms with E-state index in [1.165, 1.54) is 10.9 Å². The Labute approximate surface area is 145 Å². The van der Waals surface area contributed by atoms with Crippen molar-refractivity contribution in [1.29, 1.82) is 0 Å². The lowest BCUT2D eigenvalue weighted by atomic mass is 9.86. The highest BCUT2D eigenvalue weighted by Gasteiger charge is 2.45. The average molecular weight is 370 g/mol. The van der Waals surface area contributed by atoms with Crippen LogP contribution in [0.15, 0.2) is 29.4 Å². The van der Waals surface area contributed by atoms with Crippen molar-refractivity contribution in [3.05, 3.63) is 46.9 Å². The molecule has 1 aliphatic heterocycles. The van der Waals surface area contributed by atoms with Crippen molar-refractivity contribution in [2.75, 3.05) is 13.2 Å². The third-order valence-electron chi connectivity index (χ3n) is 4.16. The topological polar surface area (TPSA) is 68.5 Å². The van der Waals surface area contributed by atoms with E-state index in [0.717, 1.165) is 12.1 Å². The molecule has 1 aromatic carbocycles. The van der Waals surface area contributed by atoms with E-state index in [0.29, 0.717) is 6.07 Å². The van der Waals surface area contributed by atoms with Crippen LogP contribution in [0.4, 0.5) is 23.4 Å². The van der Waals surface area contributed by atoms with E-state index in [9.17, 15) is 22.4 Å². The lowest BCUT2D eigenvalue weighted by Gasteiger charge is -2.42. The second kappa shape index (κ2) is 6.20. The molecule has 0 radical (unpaired) electrons. The Hall–Kier alpha value is -2.75. The molecule has 6 nitrogen and oxygen atoms in total. The summed E-state index contributed by atoms with van der Waals surface area (Å²) in [6.07, 6.45) is -3.39. The maximum atomic E-state index is 14.3. The van der Waals surface area contributed by atoms with Gasteiger partial charge in [0.2, 0.25) is 0 Å². The molecule has 0 atom stereocenters. The van der Waals surface area contributed by atoms with Gasteiger partial charge in [-0.2, -0.15) is 18.3 Å². The number of aryl methyl sites for hydroxylation is 1. The van der Waals surface area contributed by atoms with Gasteiger partial charge >= 0.3 is 6.18 Å². The van der Waals surface area contributed by atoms with Crippen molar-refractivity contribution in [3.63, 3.8) is 0 Å². The van der Waals surface area contributed by atoms with E-state index in [2.05, 4.69) is 22.1 Å². The fraction of sp³-hybridized carbons (Fsp3) is 0.312. The molecule has 0 saturated carbocycles. The molecule has 138 valence electrons. The number of aliphatic imine (C=N–C) groups is 1. The van der Waals surface area contributed by atoms with Crippen molar-refractivity contribution in [2.45, 2.75) is 11.7 Å². The van der Waals surface area contributed by atoms with Crippen LogP contribution >= 0.6 is 0 Å². The van der Waals surface area contributed by atoms with Gasteiger partial charge in [0.1, 0.15) is 16.9 Å². The summed E-state index contributed by atoms with van der Waals surface area (Å²) in [5.41, 5.74) is -2.34. The lowest BCUT2D eigenvalue weighted by Crippen LogP contribution is -2.59. The summed E-state index contributed by atoms with van der Waals surface area (Å²) in [7, 11) is 1.57. The summed E-state index contributed by atoms with van der Waals surface area (Å²) >= 11 is 0. The number of rotatable bonds is 4. The van der Waals surface area contributed by atoms with Gasteiger partial charge in [0.05, 0.1) is 25.0 Å². The van der Waals surface area contributed by atoms with Crippen LogP contribution in [0.5, 0.6) is 0 Å². The van der Waals surface area contributed by atoms with E-state index in [1.54, 1.807) is 7.05 Å². The fourth-order valence-electron chi connectivity index (χ4n) is 2.74. The number of benzene rings is 1. The van der Waals surface area contributed by atoms with Gasteiger partial charge in [0, 0.05) is 12.6 Å². The molecular weight excluding hydrogens is 356 g/mol. The maximum absolute atomic E-state index is 14.3. The number of ether oxygens (including phenoxy) is 1. The first-order valence-corrected chi connectivity index (χ1v) is 7.44. The number of alkyl halides is 3. The monoisotopic (exact) mass is 370 g/mol. The number of halogens is 4. The van der Waals surface area contributed by atoms with Gasteiger partial charge in [-0.05, 0) is 18.9 Å². The minimum absolute atomic E-state index is 0.0713. The second-order valence-corrected chi connectivity index (χ2v) is 5.88. The van der Waals surface area contributed by atoms with Crippen molar-refractivity contribution in [2.24, 2.45) is 12.0 Å². The highest BCUT2D eigenvalue weighted by molar-refractivity contribution is 5.99. The Kier molecular flexibility index (Phi) is 4.31. The molecule has 2 heterocycles. The number of nitrogens with one attached hydrogen (secondary N) is 1. The molecule has 0 spiro atoms. The van der Waals surface area contributed by atoms with E-state index >= 15 is 0 Å². The first-order valence-electron chi connectivity index (χ1n) is 7.44. The number of nitrogens with zero attached hydrogens (tertiary/aromatic N) is 3. The summed E-state index contributed by atoms with van der Waals surface area (Å²) < 4.78 is 58.9. The highest BCUT2D eigenvalue weighted by atomic mass is 19.4. The Morgan fingerprint density at radius 3 is 2.62 bits per heavy atom. The highest BCUT2D eigenvalue weighted by Crippen LogP contribution is 2.36. The molecule has 1 N–H and O–H groups in total. The quantitative estimate of drug-likeness (QED) is 0.664. The summed E-state index contributed by atoms with van der Waals surface area (Å²) in [5, 5.41) is 6.53. The van der Waals surface area contributed by atoms with E-state index < -0.39 is 29.0 Å². The van der Waals surface area contributed by atoms with Crippen LogP contribution in [0.2, 0.25) is 0 Å². The Bertz CT molecular complexity index is 872. The van der Waals surface area contributed by atoms with Crippen molar-refractivity contribution < 1.29 is 27.1 Å². The average Bonchev–Trinajstić information content (AvgIpc) is 2.91. The molecule has 1 aliphatic rings. The Balaban J connectivity index is 1.92. The van der Waals surface area contributed by atoms with E-state index in [4.69, 9.17) is 4.74 Å².